The number of halogens is 2. The molecule has 0 aromatic heterocycles. The van der Waals surface area contributed by atoms with Gasteiger partial charge in [0.15, 0.2) is 21.2 Å². The zero-order valence-electron chi connectivity index (χ0n) is 28.4. The molecule has 2 saturated heterocycles. The van der Waals surface area contributed by atoms with E-state index in [9.17, 15) is 24.3 Å². The fourth-order valence-corrected chi connectivity index (χ4v) is 9.29. The number of phenolic OH excluding ortho intramolecular Hbond substituents is 1. The molecular weight excluding hydrogens is 695 g/mol. The highest BCUT2D eigenvalue weighted by Gasteiger charge is 2.76. The third-order valence-corrected chi connectivity index (χ3v) is 12.1. The second-order valence-corrected chi connectivity index (χ2v) is 14.4. The lowest BCUT2D eigenvalue weighted by atomic mass is 9.56. The van der Waals surface area contributed by atoms with Crippen molar-refractivity contribution in [2.75, 3.05) is 32.8 Å². The number of allylic oxidation sites excluding steroid dienone is 2. The molecule has 2 aliphatic heterocycles. The molecule has 3 fully saturated rings. The number of aromatic hydroxyl groups is 1. The first-order chi connectivity index (χ1) is 24.4. The van der Waals surface area contributed by atoms with Crippen LogP contribution in [0.5, 0.6) is 23.0 Å². The molecule has 12 heteroatoms. The number of benzene rings is 3. The Labute approximate surface area is 305 Å². The van der Waals surface area contributed by atoms with Crippen LogP contribution in [0.4, 0.5) is 5.69 Å². The van der Waals surface area contributed by atoms with Gasteiger partial charge in [-0.15, -0.1) is 23.2 Å². The van der Waals surface area contributed by atoms with Gasteiger partial charge in [-0.05, 0) is 67.6 Å². The lowest BCUT2D eigenvalue weighted by Gasteiger charge is -2.50. The molecule has 2 aliphatic carbocycles. The van der Waals surface area contributed by atoms with Crippen molar-refractivity contribution in [3.05, 3.63) is 89.0 Å². The molecule has 51 heavy (non-hydrogen) atoms. The van der Waals surface area contributed by atoms with Gasteiger partial charge in [0.1, 0.15) is 11.5 Å². The molecular formula is C39H36Cl2N2O8. The number of methoxy groups -OCH3 is 2. The number of fused-ring (bicyclic) bond motifs is 4. The Kier molecular flexibility index (Phi) is 8.66. The number of imide groups is 2. The Morgan fingerprint density at radius 3 is 2.33 bits per heavy atom. The largest absolute Gasteiger partial charge is 0.504 e. The summed E-state index contributed by atoms with van der Waals surface area (Å²) < 4.78 is 16.5. The third kappa shape index (κ3) is 5.05. The van der Waals surface area contributed by atoms with Crippen LogP contribution in [0.2, 0.25) is 0 Å². The summed E-state index contributed by atoms with van der Waals surface area (Å²) in [5, 5.41) is 11.4. The molecule has 0 bridgehead atoms. The molecule has 6 unspecified atom stereocenters. The van der Waals surface area contributed by atoms with Gasteiger partial charge in [-0.2, -0.15) is 0 Å². The van der Waals surface area contributed by atoms with Crippen molar-refractivity contribution in [1.29, 1.82) is 0 Å². The Morgan fingerprint density at radius 2 is 1.65 bits per heavy atom. The van der Waals surface area contributed by atoms with E-state index < -0.39 is 51.1 Å². The van der Waals surface area contributed by atoms with Crippen LogP contribution in [0, 0.1) is 17.8 Å². The molecule has 6 atom stereocenters. The van der Waals surface area contributed by atoms with Crippen LogP contribution in [0.15, 0.2) is 72.3 Å². The smallest absolute Gasteiger partial charge is 0.253 e. The van der Waals surface area contributed by atoms with E-state index in [0.717, 1.165) is 16.0 Å². The lowest BCUT2D eigenvalue weighted by Crippen LogP contribution is -2.60. The van der Waals surface area contributed by atoms with E-state index in [0.29, 0.717) is 22.8 Å². The maximum absolute atomic E-state index is 14.4. The normalized spacial score (nSPS) is 28.5. The van der Waals surface area contributed by atoms with E-state index in [-0.39, 0.29) is 42.4 Å². The number of rotatable bonds is 8. The fraction of sp³-hybridized carbons (Fsp3) is 0.333. The minimum atomic E-state index is -2.01. The maximum atomic E-state index is 14.4. The summed E-state index contributed by atoms with van der Waals surface area (Å²) in [6, 6.07) is 17.4. The van der Waals surface area contributed by atoms with E-state index in [1.54, 1.807) is 51.5 Å². The molecule has 10 nitrogen and oxygen atoms in total. The van der Waals surface area contributed by atoms with Gasteiger partial charge in [-0.3, -0.25) is 29.0 Å². The molecule has 3 aromatic carbocycles. The van der Waals surface area contributed by atoms with Crippen LogP contribution in [-0.2, 0) is 19.2 Å². The van der Waals surface area contributed by atoms with Crippen molar-refractivity contribution in [2.24, 2.45) is 17.8 Å². The molecule has 0 radical (unpaired) electrons. The maximum Gasteiger partial charge on any atom is 0.253 e. The summed E-state index contributed by atoms with van der Waals surface area (Å²) in [6.07, 6.45) is 5.65. The molecule has 3 aromatic rings. The monoisotopic (exact) mass is 730 g/mol. The first-order valence-corrected chi connectivity index (χ1v) is 17.4. The van der Waals surface area contributed by atoms with Gasteiger partial charge in [0.05, 0.1) is 38.3 Å². The number of carbonyl (C=O) groups excluding carboxylic acids is 4. The van der Waals surface area contributed by atoms with Gasteiger partial charge in [0.25, 0.3) is 11.8 Å². The predicted octanol–water partition coefficient (Wildman–Crippen LogP) is 6.17. The molecule has 264 valence electrons. The quantitative estimate of drug-likeness (QED) is 0.126. The number of likely N-dealkylation sites (tertiary alicyclic amines) is 1. The number of alkyl halides is 2. The van der Waals surface area contributed by atoms with Gasteiger partial charge < -0.3 is 19.3 Å². The van der Waals surface area contributed by atoms with Crippen molar-refractivity contribution in [3.8, 4) is 23.0 Å². The van der Waals surface area contributed by atoms with E-state index in [1.807, 2.05) is 48.6 Å². The molecule has 1 saturated carbocycles. The number of amides is 4. The fourth-order valence-electron chi connectivity index (χ4n) is 8.28. The van der Waals surface area contributed by atoms with Gasteiger partial charge in [-0.1, -0.05) is 48.1 Å². The second-order valence-electron chi connectivity index (χ2n) is 13.2. The highest BCUT2D eigenvalue weighted by molar-refractivity contribution is 6.53. The standard InChI is InChI=1S/C39H36Cl2N2O8/c1-5-51-30-8-6-7-27(33(30)44)32-25-16-17-26-31(28(25)20-38(40)36(47)42(2)37(48)39(32,38)41)35(46)43(34(26)45)23-13-10-21(11-14-23)9-12-22-19-24(49-3)15-18-29(22)50-4/h6-16,18-19,26,28,31-32,44H,5,17,20H2,1-4H3. The minimum Gasteiger partial charge on any atom is -0.504 e. The Balaban J connectivity index is 1.24. The van der Waals surface area contributed by atoms with Crippen molar-refractivity contribution < 1.29 is 38.5 Å². The average molecular weight is 732 g/mol. The Morgan fingerprint density at radius 1 is 0.902 bits per heavy atom. The molecule has 4 aliphatic rings. The van der Waals surface area contributed by atoms with Crippen molar-refractivity contribution in [1.82, 2.24) is 4.90 Å². The van der Waals surface area contributed by atoms with Crippen LogP contribution in [0.1, 0.15) is 42.4 Å². The summed E-state index contributed by atoms with van der Waals surface area (Å²) >= 11 is 14.5. The average Bonchev–Trinajstić information content (AvgIpc) is 3.46. The molecule has 7 rings (SSSR count). The van der Waals surface area contributed by atoms with Crippen molar-refractivity contribution >= 4 is 64.7 Å². The number of nitrogens with zero attached hydrogens (tertiary/aromatic N) is 2. The number of hydrogen-bond donors (Lipinski definition) is 1. The number of hydrogen-bond acceptors (Lipinski definition) is 8. The van der Waals surface area contributed by atoms with Gasteiger partial charge in [0.2, 0.25) is 11.8 Å². The number of carbonyl (C=O) groups is 4. The first-order valence-electron chi connectivity index (χ1n) is 16.6. The van der Waals surface area contributed by atoms with E-state index >= 15 is 0 Å². The summed E-state index contributed by atoms with van der Waals surface area (Å²) in [5.74, 6) is -4.30. The van der Waals surface area contributed by atoms with E-state index in [1.165, 1.54) is 11.9 Å². The van der Waals surface area contributed by atoms with Crippen LogP contribution in [0.3, 0.4) is 0 Å². The first kappa shape index (κ1) is 34.6. The predicted molar refractivity (Wildman–Crippen MR) is 192 cm³/mol. The molecule has 2 heterocycles. The topological polar surface area (TPSA) is 123 Å². The summed E-state index contributed by atoms with van der Waals surface area (Å²) in [5.41, 5.74) is 2.87. The SMILES string of the molecule is CCOc1cccc(C2C3=CCC4C(=O)N(c5ccc(C=Cc6cc(OC)ccc6OC)cc5)C(=O)C4C3CC3(Cl)C(=O)N(C)C(=O)C23Cl)c1O. The highest BCUT2D eigenvalue weighted by atomic mass is 35.5. The van der Waals surface area contributed by atoms with Crippen molar-refractivity contribution in [3.63, 3.8) is 0 Å². The van der Waals surface area contributed by atoms with Gasteiger partial charge in [0, 0.05) is 24.1 Å². The van der Waals surface area contributed by atoms with Gasteiger partial charge in [-0.25, -0.2) is 0 Å². The summed E-state index contributed by atoms with van der Waals surface area (Å²) in [4.78, 5) is 54.2. The lowest BCUT2D eigenvalue weighted by molar-refractivity contribution is -0.138. The third-order valence-electron chi connectivity index (χ3n) is 10.7. The summed E-state index contributed by atoms with van der Waals surface area (Å²) in [6.45, 7) is 2.04. The zero-order chi connectivity index (χ0) is 36.4. The number of anilines is 1. The Bertz CT molecular complexity index is 2030. The van der Waals surface area contributed by atoms with E-state index in [2.05, 4.69) is 0 Å². The highest BCUT2D eigenvalue weighted by Crippen LogP contribution is 2.66. The Hall–Kier alpha value is -4.80. The van der Waals surface area contributed by atoms with Crippen LogP contribution < -0.4 is 19.1 Å². The van der Waals surface area contributed by atoms with Crippen LogP contribution in [0.25, 0.3) is 12.2 Å². The molecule has 4 amide bonds. The second kappa shape index (κ2) is 12.8. The number of phenols is 1. The summed E-state index contributed by atoms with van der Waals surface area (Å²) in [7, 11) is 4.51. The van der Waals surface area contributed by atoms with Crippen LogP contribution >= 0.6 is 23.2 Å². The van der Waals surface area contributed by atoms with Crippen molar-refractivity contribution in [2.45, 2.75) is 35.4 Å². The zero-order valence-corrected chi connectivity index (χ0v) is 29.9. The van der Waals surface area contributed by atoms with Crippen LogP contribution in [-0.4, -0.2) is 71.3 Å². The number of ether oxygens (including phenoxy) is 3. The van der Waals surface area contributed by atoms with E-state index in [4.69, 9.17) is 37.4 Å². The molecule has 0 spiro atoms. The van der Waals surface area contributed by atoms with Gasteiger partial charge >= 0.3 is 0 Å². The number of para-hydroxylation sites is 1. The molecule has 1 N–H and O–H groups in total. The minimum absolute atomic E-state index is 0.146.